The molecule has 1 aromatic heterocycles. The van der Waals surface area contributed by atoms with Gasteiger partial charge in [0.05, 0.1) is 16.6 Å². The van der Waals surface area contributed by atoms with Crippen LogP contribution >= 0.6 is 11.6 Å². The number of fused-ring (bicyclic) bond motifs is 1. The van der Waals surface area contributed by atoms with E-state index in [9.17, 15) is 19.6 Å². The molecule has 1 saturated heterocycles. The Bertz CT molecular complexity index is 1150. The molecule has 8 nitrogen and oxygen atoms in total. The van der Waals surface area contributed by atoms with Crippen LogP contribution in [-0.4, -0.2) is 40.3 Å². The van der Waals surface area contributed by atoms with Gasteiger partial charge in [-0.3, -0.25) is 14.4 Å². The minimum absolute atomic E-state index is 0.0916. The first-order chi connectivity index (χ1) is 16.1. The topological polar surface area (TPSA) is 127 Å². The number of hydrogen-bond donors (Lipinski definition) is 4. The molecule has 2 heterocycles. The molecule has 4 rings (SSSR count). The van der Waals surface area contributed by atoms with Crippen LogP contribution < -0.4 is 16.0 Å². The highest BCUT2D eigenvalue weighted by molar-refractivity contribution is 6.35. The van der Waals surface area contributed by atoms with E-state index in [1.54, 1.807) is 18.2 Å². The van der Waals surface area contributed by atoms with Gasteiger partial charge in [0.25, 0.3) is 5.91 Å². The van der Waals surface area contributed by atoms with E-state index in [-0.39, 0.29) is 23.8 Å². The van der Waals surface area contributed by atoms with Gasteiger partial charge in [-0.05, 0) is 57.6 Å². The highest BCUT2D eigenvalue weighted by Gasteiger charge is 2.36. The van der Waals surface area contributed by atoms with Crippen molar-refractivity contribution in [3.63, 3.8) is 0 Å². The molecule has 4 N–H and O–H groups in total. The smallest absolute Gasteiger partial charge is 0.268 e. The van der Waals surface area contributed by atoms with Crippen molar-refractivity contribution in [1.82, 2.24) is 20.9 Å². The number of hydrogen-bond acceptors (Lipinski definition) is 4. The van der Waals surface area contributed by atoms with E-state index in [0.29, 0.717) is 35.0 Å². The summed E-state index contributed by atoms with van der Waals surface area (Å²) >= 11 is 6.20. The predicted octanol–water partition coefficient (Wildman–Crippen LogP) is 3.42. The van der Waals surface area contributed by atoms with Crippen LogP contribution in [0.4, 0.5) is 0 Å². The van der Waals surface area contributed by atoms with E-state index in [1.807, 2.05) is 19.9 Å². The summed E-state index contributed by atoms with van der Waals surface area (Å²) in [6.07, 6.45) is 4.26. The first-order valence-electron chi connectivity index (χ1n) is 11.8. The first-order valence-corrected chi connectivity index (χ1v) is 12.1. The van der Waals surface area contributed by atoms with E-state index in [0.717, 1.165) is 24.6 Å². The van der Waals surface area contributed by atoms with Crippen molar-refractivity contribution in [2.45, 2.75) is 70.0 Å². The molecule has 9 heteroatoms. The van der Waals surface area contributed by atoms with Crippen LogP contribution in [0.5, 0.6) is 0 Å². The molecule has 0 spiro atoms. The number of piperidine rings is 1. The van der Waals surface area contributed by atoms with Crippen molar-refractivity contribution in [3.8, 4) is 6.07 Å². The summed E-state index contributed by atoms with van der Waals surface area (Å²) in [5.74, 6) is -0.857. The lowest BCUT2D eigenvalue weighted by Gasteiger charge is -2.35. The zero-order chi connectivity index (χ0) is 24.5. The fraction of sp³-hybridized carbons (Fsp3) is 0.520. The molecule has 2 fully saturated rings. The number of rotatable bonds is 8. The molecule has 2 aromatic rings. The van der Waals surface area contributed by atoms with Crippen LogP contribution in [0.2, 0.25) is 5.02 Å². The predicted molar refractivity (Wildman–Crippen MR) is 129 cm³/mol. The number of nitrogens with zero attached hydrogens (tertiary/aromatic N) is 1. The van der Waals surface area contributed by atoms with Crippen LogP contribution in [0.1, 0.15) is 62.9 Å². The summed E-state index contributed by atoms with van der Waals surface area (Å²) in [7, 11) is 0. The summed E-state index contributed by atoms with van der Waals surface area (Å²) in [5.41, 5.74) is 0.719. The molecule has 0 bridgehead atoms. The van der Waals surface area contributed by atoms with E-state index < -0.39 is 23.9 Å². The maximum absolute atomic E-state index is 13.1. The summed E-state index contributed by atoms with van der Waals surface area (Å²) in [6.45, 7) is 3.94. The van der Waals surface area contributed by atoms with Gasteiger partial charge in [-0.2, -0.15) is 5.26 Å². The Hall–Kier alpha value is -3.05. The van der Waals surface area contributed by atoms with Gasteiger partial charge >= 0.3 is 0 Å². The van der Waals surface area contributed by atoms with Crippen molar-refractivity contribution >= 4 is 40.2 Å². The quantitative estimate of drug-likeness (QED) is 0.458. The normalized spacial score (nSPS) is 21.2. The van der Waals surface area contributed by atoms with Gasteiger partial charge in [0, 0.05) is 16.8 Å². The lowest BCUT2D eigenvalue weighted by atomic mass is 9.83. The van der Waals surface area contributed by atoms with Crippen LogP contribution in [0.3, 0.4) is 0 Å². The van der Waals surface area contributed by atoms with Gasteiger partial charge in [-0.1, -0.05) is 36.6 Å². The van der Waals surface area contributed by atoms with Crippen LogP contribution in [0.15, 0.2) is 24.3 Å². The minimum Gasteiger partial charge on any atom is -0.351 e. The second kappa shape index (κ2) is 9.67. The number of aromatic nitrogens is 1. The van der Waals surface area contributed by atoms with Crippen molar-refractivity contribution in [1.29, 1.82) is 5.26 Å². The van der Waals surface area contributed by atoms with Gasteiger partial charge in [0.1, 0.15) is 17.8 Å². The number of carbonyl (C=O) groups excluding carboxylic acids is 3. The van der Waals surface area contributed by atoms with Gasteiger partial charge < -0.3 is 20.9 Å². The minimum atomic E-state index is -0.810. The van der Waals surface area contributed by atoms with Gasteiger partial charge in [-0.15, -0.1) is 0 Å². The molecule has 180 valence electrons. The van der Waals surface area contributed by atoms with Crippen molar-refractivity contribution < 1.29 is 14.4 Å². The zero-order valence-corrected chi connectivity index (χ0v) is 20.2. The molecule has 1 saturated carbocycles. The molecule has 3 atom stereocenters. The molecular formula is C25H30ClN5O3. The van der Waals surface area contributed by atoms with Crippen molar-refractivity contribution in [2.75, 3.05) is 0 Å². The number of halogens is 1. The number of nitrogens with one attached hydrogen (secondary N) is 4. The lowest BCUT2D eigenvalue weighted by Crippen LogP contribution is -2.53. The first kappa shape index (κ1) is 24.1. The Morgan fingerprint density at radius 1 is 1.24 bits per heavy atom. The molecule has 1 aromatic carbocycles. The summed E-state index contributed by atoms with van der Waals surface area (Å²) < 4.78 is 0. The Balaban J connectivity index is 1.41. The maximum atomic E-state index is 13.1. The maximum Gasteiger partial charge on any atom is 0.268 e. The highest BCUT2D eigenvalue weighted by Crippen LogP contribution is 2.34. The number of amides is 3. The van der Waals surface area contributed by atoms with Gasteiger partial charge in [0.15, 0.2) is 0 Å². The standard InChI is InChI=1S/C25H30ClN5O3/c1-25(2)9-8-16(22(32)31-25)11-17(13-27)28-23(33)19(10-14-6-7-14)30-24(34)20-12-15-4-3-5-18(26)21(15)29-20/h3-5,12,14,16-17,19,29H,6-11H2,1-2H3,(H,28,33)(H,30,34)(H,31,32)/t16?,17-,19-/m0/s1. The average molecular weight is 484 g/mol. The van der Waals surface area contributed by atoms with Gasteiger partial charge in [-0.25, -0.2) is 0 Å². The monoisotopic (exact) mass is 483 g/mol. The number of carbonyl (C=O) groups is 3. The third kappa shape index (κ3) is 5.71. The molecule has 1 unspecified atom stereocenters. The molecule has 1 aliphatic carbocycles. The number of nitriles is 1. The summed E-state index contributed by atoms with van der Waals surface area (Å²) in [5, 5.41) is 19.5. The fourth-order valence-electron chi connectivity index (χ4n) is 4.49. The van der Waals surface area contributed by atoms with Crippen LogP contribution in [-0.2, 0) is 9.59 Å². The number of H-pyrrole nitrogens is 1. The van der Waals surface area contributed by atoms with Crippen LogP contribution in [0.25, 0.3) is 10.9 Å². The zero-order valence-electron chi connectivity index (χ0n) is 19.4. The SMILES string of the molecule is CC1(C)CCC(C[C@@H](C#N)NC(=O)[C@H](CC2CC2)NC(=O)c2cc3cccc(Cl)c3[nH]2)C(=O)N1. The molecule has 2 aliphatic rings. The largest absolute Gasteiger partial charge is 0.351 e. The van der Waals surface area contributed by atoms with E-state index in [4.69, 9.17) is 11.6 Å². The third-order valence-electron chi connectivity index (χ3n) is 6.68. The van der Waals surface area contributed by atoms with Crippen LogP contribution in [0, 0.1) is 23.2 Å². The molecular weight excluding hydrogens is 454 g/mol. The second-order valence-corrected chi connectivity index (χ2v) is 10.5. The molecule has 1 aliphatic heterocycles. The fourth-order valence-corrected chi connectivity index (χ4v) is 4.71. The second-order valence-electron chi connectivity index (χ2n) is 10.1. The lowest BCUT2D eigenvalue weighted by molar-refractivity contribution is -0.130. The Labute approximate surface area is 203 Å². The Morgan fingerprint density at radius 3 is 2.65 bits per heavy atom. The van der Waals surface area contributed by atoms with Crippen molar-refractivity contribution in [3.05, 3.63) is 35.0 Å². The summed E-state index contributed by atoms with van der Waals surface area (Å²) in [4.78, 5) is 41.5. The molecule has 0 radical (unpaired) electrons. The summed E-state index contributed by atoms with van der Waals surface area (Å²) in [6, 6.07) is 7.62. The number of aromatic amines is 1. The average Bonchev–Trinajstić information content (AvgIpc) is 3.48. The Morgan fingerprint density at radius 2 is 2.00 bits per heavy atom. The molecule has 3 amide bonds. The van der Waals surface area contributed by atoms with Gasteiger partial charge in [0.2, 0.25) is 11.8 Å². The van der Waals surface area contributed by atoms with E-state index in [2.05, 4.69) is 27.0 Å². The third-order valence-corrected chi connectivity index (χ3v) is 7.00. The van der Waals surface area contributed by atoms with E-state index >= 15 is 0 Å². The number of benzene rings is 1. The van der Waals surface area contributed by atoms with E-state index in [1.165, 1.54) is 0 Å². The van der Waals surface area contributed by atoms with Crippen molar-refractivity contribution in [2.24, 2.45) is 11.8 Å². The Kier molecular flexibility index (Phi) is 6.85. The number of para-hydroxylation sites is 1. The highest BCUT2D eigenvalue weighted by atomic mass is 35.5. The molecule has 34 heavy (non-hydrogen) atoms.